The lowest BCUT2D eigenvalue weighted by Crippen LogP contribution is -2.37. The molecule has 1 aromatic rings. The molecule has 124 valence electrons. The number of hydrogen-bond donors (Lipinski definition) is 2. The highest BCUT2D eigenvalue weighted by Crippen LogP contribution is 2.64. The van der Waals surface area contributed by atoms with Crippen molar-refractivity contribution >= 4 is 47.0 Å². The fourth-order valence-corrected chi connectivity index (χ4v) is 7.21. The summed E-state index contributed by atoms with van der Waals surface area (Å²) in [5.74, 6) is -2.69. The van der Waals surface area contributed by atoms with Gasteiger partial charge in [-0.1, -0.05) is 28.7 Å². The molecule has 2 saturated carbocycles. The molecule has 2 N–H and O–H groups in total. The molecule has 4 aliphatic rings. The topological polar surface area (TPSA) is 108 Å². The predicted octanol–water partition coefficient (Wildman–Crippen LogP) is 0.630. The van der Waals surface area contributed by atoms with Gasteiger partial charge >= 0.3 is 10.8 Å². The molecule has 1 aromatic heterocycles. The summed E-state index contributed by atoms with van der Waals surface area (Å²) in [6, 6.07) is 0. The van der Waals surface area contributed by atoms with Gasteiger partial charge < -0.3 is 10.1 Å². The van der Waals surface area contributed by atoms with Gasteiger partial charge in [0.15, 0.2) is 0 Å². The number of likely N-dealkylation sites (tertiary alicyclic amines) is 1. The van der Waals surface area contributed by atoms with E-state index >= 15 is 0 Å². The van der Waals surface area contributed by atoms with Gasteiger partial charge in [-0.05, 0) is 24.3 Å². The first-order chi connectivity index (χ1) is 11.5. The first kappa shape index (κ1) is 14.5. The largest absolute Gasteiger partial charge is 0.480 e. The van der Waals surface area contributed by atoms with E-state index in [1.165, 1.54) is 0 Å². The van der Waals surface area contributed by atoms with Crippen LogP contribution in [0.15, 0.2) is 15.4 Å². The smallest absolute Gasteiger partial charge is 0.323 e. The van der Waals surface area contributed by atoms with Crippen LogP contribution >= 0.6 is 23.1 Å². The number of aromatic amines is 1. The SMILES string of the molecule is O=C(O)CN1C(=O)[C@H]2[C@H]3C[C@@H](C4=Cc5sc(=O)[nH]c5S[C@@H]43)[C@H]2C1=O. The number of rotatable bonds is 2. The predicted molar refractivity (Wildman–Crippen MR) is 85.5 cm³/mol. The van der Waals surface area contributed by atoms with Crippen LogP contribution in [0.4, 0.5) is 0 Å². The van der Waals surface area contributed by atoms with Crippen LogP contribution in [0, 0.1) is 23.7 Å². The van der Waals surface area contributed by atoms with E-state index in [-0.39, 0.29) is 33.8 Å². The monoisotopic (exact) mass is 364 g/mol. The molecule has 0 unspecified atom stereocenters. The second-order valence-electron chi connectivity index (χ2n) is 6.60. The number of fused-ring (bicyclic) bond motifs is 9. The van der Waals surface area contributed by atoms with Crippen molar-refractivity contribution in [2.24, 2.45) is 23.7 Å². The van der Waals surface area contributed by atoms with Crippen molar-refractivity contribution in [2.75, 3.05) is 6.54 Å². The van der Waals surface area contributed by atoms with Gasteiger partial charge in [-0.3, -0.25) is 24.1 Å². The van der Waals surface area contributed by atoms with Gasteiger partial charge in [-0.25, -0.2) is 0 Å². The Morgan fingerprint density at radius 2 is 2.04 bits per heavy atom. The third kappa shape index (κ3) is 1.68. The Labute approximate surface area is 143 Å². The lowest BCUT2D eigenvalue weighted by atomic mass is 9.77. The number of amides is 2. The average Bonchev–Trinajstić information content (AvgIpc) is 3.21. The van der Waals surface area contributed by atoms with E-state index in [1.807, 2.05) is 6.08 Å². The molecule has 9 heteroatoms. The van der Waals surface area contributed by atoms with Gasteiger partial charge in [0.1, 0.15) is 6.54 Å². The van der Waals surface area contributed by atoms with Crippen molar-refractivity contribution in [3.63, 3.8) is 0 Å². The number of aliphatic carboxylic acids is 1. The Balaban J connectivity index is 1.55. The minimum Gasteiger partial charge on any atom is -0.480 e. The summed E-state index contributed by atoms with van der Waals surface area (Å²) >= 11 is 2.72. The number of H-pyrrole nitrogens is 1. The van der Waals surface area contributed by atoms with Gasteiger partial charge in [0.25, 0.3) is 0 Å². The number of nitrogens with zero attached hydrogens (tertiary/aromatic N) is 1. The minimum atomic E-state index is -1.17. The van der Waals surface area contributed by atoms with E-state index in [0.29, 0.717) is 0 Å². The second-order valence-corrected chi connectivity index (χ2v) is 8.77. The maximum absolute atomic E-state index is 12.6. The first-order valence-corrected chi connectivity index (χ1v) is 9.33. The molecule has 0 aromatic carbocycles. The van der Waals surface area contributed by atoms with Crippen LogP contribution in [-0.4, -0.2) is 44.6 Å². The van der Waals surface area contributed by atoms with Crippen molar-refractivity contribution in [1.82, 2.24) is 9.88 Å². The highest BCUT2D eigenvalue weighted by Gasteiger charge is 2.66. The van der Waals surface area contributed by atoms with Gasteiger partial charge in [-0.2, -0.15) is 0 Å². The quantitative estimate of drug-likeness (QED) is 0.746. The molecule has 1 saturated heterocycles. The average molecular weight is 364 g/mol. The van der Waals surface area contributed by atoms with E-state index in [9.17, 15) is 19.2 Å². The number of nitrogens with one attached hydrogen (secondary N) is 1. The standard InChI is InChI=1S/C15H12N2O5S2/c18-8(19)3-17-13(20)9-4-1-6(10(9)14(17)21)11-5(4)2-7-12(24-11)16-15(22)23-7/h2,4,6,9-11H,1,3H2,(H,16,22)(H,18,19)/t4-,6+,9+,10-,11-/m0/s1. The molecule has 3 fully saturated rings. The number of carbonyl (C=O) groups is 3. The van der Waals surface area contributed by atoms with E-state index in [0.717, 1.165) is 38.1 Å². The maximum atomic E-state index is 12.6. The van der Waals surface area contributed by atoms with Gasteiger partial charge in [-0.15, -0.1) is 0 Å². The third-order valence-corrected chi connectivity index (χ3v) is 7.93. The highest BCUT2D eigenvalue weighted by molar-refractivity contribution is 8.00. The Morgan fingerprint density at radius 3 is 2.79 bits per heavy atom. The van der Waals surface area contributed by atoms with E-state index in [1.54, 1.807) is 11.8 Å². The van der Waals surface area contributed by atoms with Crippen molar-refractivity contribution < 1.29 is 19.5 Å². The maximum Gasteiger partial charge on any atom is 0.323 e. The zero-order chi connectivity index (χ0) is 16.7. The number of thiazole rings is 1. The van der Waals surface area contributed by atoms with Gasteiger partial charge in [0, 0.05) is 5.25 Å². The lowest BCUT2D eigenvalue weighted by Gasteiger charge is -2.32. The molecule has 2 amide bonds. The number of carbonyl (C=O) groups excluding carboxylic acids is 2. The Kier molecular flexibility index (Phi) is 2.78. The van der Waals surface area contributed by atoms with Crippen LogP contribution in [0.2, 0.25) is 0 Å². The van der Waals surface area contributed by atoms with Crippen molar-refractivity contribution in [3.05, 3.63) is 20.1 Å². The zero-order valence-corrected chi connectivity index (χ0v) is 13.9. The number of carboxylic acids is 1. The fourth-order valence-electron chi connectivity index (χ4n) is 4.77. The molecule has 2 aliphatic carbocycles. The van der Waals surface area contributed by atoms with Crippen LogP contribution in [0.3, 0.4) is 0 Å². The molecule has 24 heavy (non-hydrogen) atoms. The summed E-state index contributed by atoms with van der Waals surface area (Å²) < 4.78 is 0. The van der Waals surface area contributed by atoms with Gasteiger partial charge in [0.2, 0.25) is 11.8 Å². The van der Waals surface area contributed by atoms with Crippen molar-refractivity contribution in [3.8, 4) is 0 Å². The normalized spacial score (nSPS) is 35.8. The number of thioether (sulfide) groups is 1. The molecule has 2 aliphatic heterocycles. The van der Waals surface area contributed by atoms with Gasteiger partial charge in [0.05, 0.1) is 21.7 Å². The number of aromatic nitrogens is 1. The molecule has 0 spiro atoms. The van der Waals surface area contributed by atoms with Crippen LogP contribution in [-0.2, 0) is 14.4 Å². The summed E-state index contributed by atoms with van der Waals surface area (Å²) in [4.78, 5) is 52.2. The molecule has 5 atom stereocenters. The lowest BCUT2D eigenvalue weighted by molar-refractivity contribution is -0.149. The first-order valence-electron chi connectivity index (χ1n) is 7.64. The van der Waals surface area contributed by atoms with Crippen molar-refractivity contribution in [2.45, 2.75) is 16.7 Å². The summed E-state index contributed by atoms with van der Waals surface area (Å²) in [7, 11) is 0. The third-order valence-electron chi connectivity index (χ3n) is 5.53. The van der Waals surface area contributed by atoms with Crippen LogP contribution in [0.5, 0.6) is 0 Å². The van der Waals surface area contributed by atoms with E-state index < -0.39 is 24.3 Å². The Morgan fingerprint density at radius 1 is 1.29 bits per heavy atom. The minimum absolute atomic E-state index is 0.0157. The number of hydrogen-bond acceptors (Lipinski definition) is 6. The molecular weight excluding hydrogens is 352 g/mol. The summed E-state index contributed by atoms with van der Waals surface area (Å²) in [5.41, 5.74) is 1.13. The van der Waals surface area contributed by atoms with Crippen LogP contribution < -0.4 is 4.87 Å². The number of carboxylic acid groups (broad SMARTS) is 1. The summed E-state index contributed by atoms with van der Waals surface area (Å²) in [6.07, 6.45) is 2.79. The second kappa shape index (κ2) is 4.60. The summed E-state index contributed by atoms with van der Waals surface area (Å²) in [6.45, 7) is -0.554. The molecule has 7 nitrogen and oxygen atoms in total. The Hall–Kier alpha value is -1.87. The van der Waals surface area contributed by atoms with Crippen LogP contribution in [0.1, 0.15) is 11.3 Å². The molecule has 3 heterocycles. The molecule has 0 radical (unpaired) electrons. The van der Waals surface area contributed by atoms with Crippen molar-refractivity contribution in [1.29, 1.82) is 0 Å². The zero-order valence-electron chi connectivity index (χ0n) is 12.2. The number of imide groups is 1. The Bertz CT molecular complexity index is 900. The van der Waals surface area contributed by atoms with E-state index in [4.69, 9.17) is 5.11 Å². The fraction of sp³-hybridized carbons (Fsp3) is 0.467. The molecule has 5 rings (SSSR count). The molecule has 2 bridgehead atoms. The molecular formula is C15H12N2O5S2. The van der Waals surface area contributed by atoms with Crippen LogP contribution in [0.25, 0.3) is 6.08 Å². The summed E-state index contributed by atoms with van der Waals surface area (Å²) in [5, 5.41) is 9.88. The van der Waals surface area contributed by atoms with E-state index in [2.05, 4.69) is 4.98 Å². The highest BCUT2D eigenvalue weighted by atomic mass is 32.2.